The van der Waals surface area contributed by atoms with Crippen molar-refractivity contribution in [1.29, 1.82) is 0 Å². The molecule has 0 bridgehead atoms. The molecule has 0 saturated carbocycles. The van der Waals surface area contributed by atoms with Gasteiger partial charge in [-0.05, 0) is 0 Å². The van der Waals surface area contributed by atoms with Gasteiger partial charge in [0.1, 0.15) is 0 Å². The van der Waals surface area contributed by atoms with Crippen LogP contribution in [-0.4, -0.2) is 42.2 Å². The summed E-state index contributed by atoms with van der Waals surface area (Å²) in [5, 5.41) is 0. The van der Waals surface area contributed by atoms with Crippen LogP contribution in [0, 0.1) is 0 Å². The lowest BCUT2D eigenvalue weighted by molar-refractivity contribution is -0.451. The molecule has 0 fully saturated rings. The fourth-order valence-corrected chi connectivity index (χ4v) is 0.796. The highest BCUT2D eigenvalue weighted by Gasteiger charge is 2.89. The third-order valence-corrected chi connectivity index (χ3v) is 1.96. The summed E-state index contributed by atoms with van der Waals surface area (Å²) >= 11 is 0. The van der Waals surface area contributed by atoms with Gasteiger partial charge in [0.15, 0.2) is 0 Å². The molecule has 0 aromatic rings. The van der Waals surface area contributed by atoms with Crippen LogP contribution in [0.2, 0.25) is 0 Å². The van der Waals surface area contributed by atoms with Gasteiger partial charge in [0.25, 0.3) is 0 Å². The van der Waals surface area contributed by atoms with E-state index in [0.29, 0.717) is 0 Å². The lowest BCUT2D eigenvalue weighted by Gasteiger charge is -2.36. The number of esters is 1. The van der Waals surface area contributed by atoms with Gasteiger partial charge in [-0.3, -0.25) is 0 Å². The van der Waals surface area contributed by atoms with Gasteiger partial charge in [-0.2, -0.15) is 61.5 Å². The molecule has 0 amide bonds. The van der Waals surface area contributed by atoms with Crippen LogP contribution in [0.3, 0.4) is 0 Å². The monoisotopic (exact) mass is 382 g/mol. The zero-order valence-corrected chi connectivity index (χ0v) is 9.61. The normalized spacial score (nSPS) is 15.6. The molecule has 0 aliphatic heterocycles. The first-order valence-electron chi connectivity index (χ1n) is 4.51. The van der Waals surface area contributed by atoms with Crippen molar-refractivity contribution in [3.05, 3.63) is 0 Å². The van der Waals surface area contributed by atoms with Crippen LogP contribution in [0.4, 0.5) is 61.5 Å². The number of halogens is 14. The zero-order valence-electron chi connectivity index (χ0n) is 9.61. The lowest BCUT2D eigenvalue weighted by Crippen LogP contribution is -2.67. The minimum absolute atomic E-state index is 1.63. The van der Waals surface area contributed by atoms with Crippen molar-refractivity contribution in [3.8, 4) is 0 Å². The average Bonchev–Trinajstić information content (AvgIpc) is 2.24. The maximum absolute atomic E-state index is 12.6. The summed E-state index contributed by atoms with van der Waals surface area (Å²) in [6, 6.07) is 0. The number of carbonyl (C=O) groups excluding carboxylic acids is 1. The van der Waals surface area contributed by atoms with Crippen molar-refractivity contribution in [3.63, 3.8) is 0 Å². The Balaban J connectivity index is 5.90. The van der Waals surface area contributed by atoms with Crippen LogP contribution in [0.5, 0.6) is 0 Å². The molecule has 138 valence electrons. The summed E-state index contributed by atoms with van der Waals surface area (Å²) in [6.45, 7) is 0. The number of rotatable bonds is 4. The Morgan fingerprint density at radius 2 is 0.913 bits per heavy atom. The summed E-state index contributed by atoms with van der Waals surface area (Å²) in [6.07, 6.45) is -21.3. The molecule has 0 heterocycles. The lowest BCUT2D eigenvalue weighted by atomic mass is 10.0. The van der Waals surface area contributed by atoms with E-state index in [-0.39, 0.29) is 0 Å². The third-order valence-electron chi connectivity index (χ3n) is 1.96. The largest absolute Gasteiger partial charge is 0.491 e. The van der Waals surface area contributed by atoms with Crippen LogP contribution < -0.4 is 0 Å². The Labute approximate surface area is 115 Å². The number of carbonyl (C=O) groups is 1. The van der Waals surface area contributed by atoms with Crippen molar-refractivity contribution in [2.45, 2.75) is 36.2 Å². The Morgan fingerprint density at radius 1 is 0.565 bits per heavy atom. The van der Waals surface area contributed by atoms with E-state index in [0.717, 1.165) is 0 Å². The highest BCUT2D eigenvalue weighted by Crippen LogP contribution is 2.57. The smallest absolute Gasteiger partial charge is 0.389 e. The maximum Gasteiger partial charge on any atom is 0.491 e. The molecule has 2 nitrogen and oxygen atoms in total. The molecule has 0 aliphatic rings. The Morgan fingerprint density at radius 3 is 1.17 bits per heavy atom. The molecule has 0 unspecified atom stereocenters. The van der Waals surface area contributed by atoms with Gasteiger partial charge in [-0.1, -0.05) is 0 Å². The van der Waals surface area contributed by atoms with E-state index in [4.69, 9.17) is 0 Å². The Kier molecular flexibility index (Phi) is 4.91. The van der Waals surface area contributed by atoms with E-state index in [2.05, 4.69) is 0 Å². The molecule has 0 aliphatic carbocycles. The van der Waals surface area contributed by atoms with E-state index in [9.17, 15) is 66.3 Å². The summed E-state index contributed by atoms with van der Waals surface area (Å²) in [5.41, 5.74) is 0. The summed E-state index contributed by atoms with van der Waals surface area (Å²) < 4.78 is 171. The molecule has 0 radical (unpaired) electrons. The van der Waals surface area contributed by atoms with Gasteiger partial charge in [0.05, 0.1) is 0 Å². The van der Waals surface area contributed by atoms with Crippen molar-refractivity contribution in [1.82, 2.24) is 0 Å². The molecule has 0 rings (SSSR count). The highest BCUT2D eigenvalue weighted by atomic mass is 19.4. The number of hydrogen-bond donors (Lipinski definition) is 0. The molecule has 0 aromatic carbocycles. The van der Waals surface area contributed by atoms with Gasteiger partial charge in [0.2, 0.25) is 0 Å². The third kappa shape index (κ3) is 3.39. The van der Waals surface area contributed by atoms with Gasteiger partial charge < -0.3 is 4.74 Å². The second-order valence-corrected chi connectivity index (χ2v) is 3.62. The van der Waals surface area contributed by atoms with Crippen molar-refractivity contribution in [2.75, 3.05) is 0 Å². The summed E-state index contributed by atoms with van der Waals surface area (Å²) in [5.74, 6) is -27.8. The zero-order chi connectivity index (χ0) is 19.3. The summed E-state index contributed by atoms with van der Waals surface area (Å²) in [4.78, 5) is 9.89. The topological polar surface area (TPSA) is 26.3 Å². The van der Waals surface area contributed by atoms with E-state index in [1.807, 2.05) is 0 Å². The molecule has 0 saturated heterocycles. The predicted octanol–water partition coefficient (Wildman–Crippen LogP) is 4.15. The van der Waals surface area contributed by atoms with Crippen LogP contribution in [-0.2, 0) is 9.53 Å². The van der Waals surface area contributed by atoms with E-state index in [1.165, 1.54) is 0 Å². The SMILES string of the molecule is O=C(OC(F)(F)C(F)(F)C(F)(F)C(F)(F)C(F)(F)F)C(F)(F)F. The van der Waals surface area contributed by atoms with E-state index >= 15 is 0 Å². The van der Waals surface area contributed by atoms with Crippen molar-refractivity contribution >= 4 is 5.97 Å². The number of hydrogen-bond acceptors (Lipinski definition) is 2. The van der Waals surface area contributed by atoms with Crippen molar-refractivity contribution in [2.24, 2.45) is 0 Å². The Bertz CT molecular complexity index is 457. The number of alkyl halides is 14. The van der Waals surface area contributed by atoms with Crippen LogP contribution in [0.1, 0.15) is 0 Å². The van der Waals surface area contributed by atoms with Crippen molar-refractivity contribution < 1.29 is 71.0 Å². The molecule has 0 aromatic heterocycles. The molecular formula is C7F14O2. The molecule has 0 atom stereocenters. The quantitative estimate of drug-likeness (QED) is 0.540. The van der Waals surface area contributed by atoms with Gasteiger partial charge >= 0.3 is 42.2 Å². The highest BCUT2D eigenvalue weighted by molar-refractivity contribution is 5.75. The second kappa shape index (κ2) is 5.25. The van der Waals surface area contributed by atoms with Crippen LogP contribution in [0.25, 0.3) is 0 Å². The van der Waals surface area contributed by atoms with E-state index < -0.39 is 42.2 Å². The van der Waals surface area contributed by atoms with Crippen LogP contribution in [0.15, 0.2) is 0 Å². The van der Waals surface area contributed by atoms with Crippen LogP contribution >= 0.6 is 0 Å². The molecule has 23 heavy (non-hydrogen) atoms. The van der Waals surface area contributed by atoms with Gasteiger partial charge in [-0.15, -0.1) is 0 Å². The predicted molar refractivity (Wildman–Crippen MR) is 38.0 cm³/mol. The maximum atomic E-state index is 12.6. The fraction of sp³-hybridized carbons (Fsp3) is 0.857. The standard InChI is InChI=1S/C7F14O2/c8-2(9,10)1(22)23-7(20,21)5(15,16)3(11,12)4(13,14)6(17,18)19. The first-order chi connectivity index (χ1) is 9.63. The molecule has 0 N–H and O–H groups in total. The minimum atomic E-state index is -7.96. The summed E-state index contributed by atoms with van der Waals surface area (Å²) in [7, 11) is 0. The average molecular weight is 382 g/mol. The van der Waals surface area contributed by atoms with E-state index in [1.54, 1.807) is 4.74 Å². The number of ether oxygens (including phenoxy) is 1. The second-order valence-electron chi connectivity index (χ2n) is 3.62. The molecule has 0 spiro atoms. The first kappa shape index (κ1) is 21.5. The van der Waals surface area contributed by atoms with Gasteiger partial charge in [0, 0.05) is 0 Å². The fourth-order valence-electron chi connectivity index (χ4n) is 0.796. The Hall–Kier alpha value is -1.51. The van der Waals surface area contributed by atoms with Gasteiger partial charge in [-0.25, -0.2) is 4.79 Å². The minimum Gasteiger partial charge on any atom is -0.389 e. The first-order valence-corrected chi connectivity index (χ1v) is 4.51. The molecular weight excluding hydrogens is 382 g/mol. The molecule has 16 heteroatoms.